The van der Waals surface area contributed by atoms with Gasteiger partial charge in [0.2, 0.25) is 0 Å². The smallest absolute Gasteiger partial charge is 0.257 e. The van der Waals surface area contributed by atoms with Gasteiger partial charge < -0.3 is 10.2 Å². The van der Waals surface area contributed by atoms with Crippen molar-refractivity contribution in [1.82, 2.24) is 20.0 Å². The van der Waals surface area contributed by atoms with Crippen molar-refractivity contribution in [3.63, 3.8) is 0 Å². The number of aromatic nitrogens is 2. The predicted octanol–water partition coefficient (Wildman–Crippen LogP) is 2.59. The first-order valence-corrected chi connectivity index (χ1v) is 8.53. The summed E-state index contributed by atoms with van der Waals surface area (Å²) < 4.78 is 2.00. The Balaban J connectivity index is 0.00000192. The molecule has 2 bridgehead atoms. The van der Waals surface area contributed by atoms with Crippen LogP contribution in [0.1, 0.15) is 63.0 Å². The molecular formula is C17H29ClN4O. The molecule has 2 unspecified atom stereocenters. The zero-order valence-corrected chi connectivity index (χ0v) is 15.4. The van der Waals surface area contributed by atoms with Gasteiger partial charge in [0, 0.05) is 25.2 Å². The van der Waals surface area contributed by atoms with E-state index >= 15 is 0 Å². The normalized spacial score (nSPS) is 24.3. The largest absolute Gasteiger partial charge is 0.337 e. The van der Waals surface area contributed by atoms with E-state index in [1.165, 1.54) is 12.8 Å². The molecule has 2 aliphatic heterocycles. The highest BCUT2D eigenvalue weighted by molar-refractivity contribution is 5.95. The van der Waals surface area contributed by atoms with E-state index < -0.39 is 0 Å². The molecule has 3 rings (SSSR count). The molecular weight excluding hydrogens is 312 g/mol. The van der Waals surface area contributed by atoms with E-state index in [-0.39, 0.29) is 23.9 Å². The minimum Gasteiger partial charge on any atom is -0.337 e. The zero-order valence-electron chi connectivity index (χ0n) is 14.6. The van der Waals surface area contributed by atoms with Crippen LogP contribution in [-0.4, -0.2) is 45.8 Å². The monoisotopic (exact) mass is 340 g/mol. The van der Waals surface area contributed by atoms with Crippen LogP contribution < -0.4 is 5.32 Å². The fraction of sp³-hybridized carbons (Fsp3) is 0.765. The van der Waals surface area contributed by atoms with Gasteiger partial charge in [-0.3, -0.25) is 9.48 Å². The molecule has 1 amide bonds. The number of carbonyl (C=O) groups is 1. The summed E-state index contributed by atoms with van der Waals surface area (Å²) in [6.45, 7) is 10.2. The van der Waals surface area contributed by atoms with Crippen LogP contribution in [0.2, 0.25) is 0 Å². The summed E-state index contributed by atoms with van der Waals surface area (Å²) in [5.41, 5.74) is 1.75. The average molecular weight is 341 g/mol. The maximum absolute atomic E-state index is 13.0. The molecule has 0 saturated carbocycles. The number of rotatable bonds is 2. The number of fused-ring (bicyclic) bond motifs is 2. The lowest BCUT2D eigenvalue weighted by atomic mass is 10.1. The van der Waals surface area contributed by atoms with E-state index in [0.717, 1.165) is 37.2 Å². The Morgan fingerprint density at radius 2 is 2.00 bits per heavy atom. The molecule has 5 nitrogen and oxygen atoms in total. The van der Waals surface area contributed by atoms with E-state index in [9.17, 15) is 4.79 Å². The van der Waals surface area contributed by atoms with Gasteiger partial charge in [-0.05, 0) is 46.5 Å². The molecule has 2 saturated heterocycles. The molecule has 23 heavy (non-hydrogen) atoms. The van der Waals surface area contributed by atoms with Crippen molar-refractivity contribution in [2.75, 3.05) is 13.1 Å². The van der Waals surface area contributed by atoms with Crippen LogP contribution in [0, 0.1) is 0 Å². The molecule has 3 heterocycles. The van der Waals surface area contributed by atoms with E-state index in [1.807, 2.05) is 9.58 Å². The number of nitrogens with one attached hydrogen (secondary N) is 1. The number of nitrogens with zero attached hydrogens (tertiary/aromatic N) is 3. The molecule has 0 radical (unpaired) electrons. The molecule has 130 valence electrons. The summed E-state index contributed by atoms with van der Waals surface area (Å²) in [5, 5.41) is 8.13. The van der Waals surface area contributed by atoms with Crippen LogP contribution in [0.15, 0.2) is 6.20 Å². The van der Waals surface area contributed by atoms with Crippen LogP contribution in [0.4, 0.5) is 0 Å². The fourth-order valence-electron chi connectivity index (χ4n) is 3.77. The Hall–Kier alpha value is -1.07. The molecule has 2 fully saturated rings. The Bertz CT molecular complexity index is 563. The maximum Gasteiger partial charge on any atom is 0.257 e. The van der Waals surface area contributed by atoms with Crippen molar-refractivity contribution in [1.29, 1.82) is 0 Å². The third-order valence-electron chi connectivity index (χ3n) is 4.88. The van der Waals surface area contributed by atoms with Gasteiger partial charge in [-0.25, -0.2) is 0 Å². The Labute approximate surface area is 145 Å². The second-order valence-electron chi connectivity index (χ2n) is 7.62. The first-order valence-electron chi connectivity index (χ1n) is 8.53. The SMILES string of the molecule is CCc1c(C(=O)N2CCC3CCC(C2)N3)cnn1C(C)(C)C.Cl. The van der Waals surface area contributed by atoms with Crippen molar-refractivity contribution in [2.45, 2.75) is 71.0 Å². The van der Waals surface area contributed by atoms with Gasteiger partial charge in [0.15, 0.2) is 0 Å². The molecule has 0 aliphatic carbocycles. The highest BCUT2D eigenvalue weighted by atomic mass is 35.5. The molecule has 0 spiro atoms. The lowest BCUT2D eigenvalue weighted by Crippen LogP contribution is -2.39. The standard InChI is InChI=1S/C17H28N4O.ClH/c1-5-15-14(10-18-21(15)17(2,3)4)16(22)20-9-8-12-6-7-13(11-20)19-12;/h10,12-13,19H,5-9,11H2,1-4H3;1H. The molecule has 1 aromatic rings. The van der Waals surface area contributed by atoms with Crippen LogP contribution in [-0.2, 0) is 12.0 Å². The van der Waals surface area contributed by atoms with Gasteiger partial charge in [0.25, 0.3) is 5.91 Å². The Morgan fingerprint density at radius 1 is 1.30 bits per heavy atom. The topological polar surface area (TPSA) is 50.2 Å². The van der Waals surface area contributed by atoms with Crippen molar-refractivity contribution in [2.24, 2.45) is 0 Å². The summed E-state index contributed by atoms with van der Waals surface area (Å²) in [6, 6.07) is 1.07. The van der Waals surface area contributed by atoms with Crippen molar-refractivity contribution >= 4 is 18.3 Å². The minimum absolute atomic E-state index is 0. The summed E-state index contributed by atoms with van der Waals surface area (Å²) in [4.78, 5) is 15.0. The molecule has 0 aromatic carbocycles. The second kappa shape index (κ2) is 6.81. The zero-order chi connectivity index (χ0) is 15.9. The maximum atomic E-state index is 13.0. The van der Waals surface area contributed by atoms with Crippen molar-refractivity contribution in [3.8, 4) is 0 Å². The number of carbonyl (C=O) groups excluding carboxylic acids is 1. The van der Waals surface area contributed by atoms with Gasteiger partial charge in [-0.2, -0.15) is 5.10 Å². The lowest BCUT2D eigenvalue weighted by molar-refractivity contribution is 0.0746. The van der Waals surface area contributed by atoms with Crippen LogP contribution in [0.3, 0.4) is 0 Å². The summed E-state index contributed by atoms with van der Waals surface area (Å²) >= 11 is 0. The minimum atomic E-state index is -0.0940. The quantitative estimate of drug-likeness (QED) is 0.900. The number of halogens is 1. The number of hydrogen-bond acceptors (Lipinski definition) is 3. The third kappa shape index (κ3) is 3.56. The molecule has 2 atom stereocenters. The predicted molar refractivity (Wildman–Crippen MR) is 94.3 cm³/mol. The number of likely N-dealkylation sites (tertiary alicyclic amines) is 1. The van der Waals surface area contributed by atoms with Crippen LogP contribution >= 0.6 is 12.4 Å². The first kappa shape index (κ1) is 18.3. The van der Waals surface area contributed by atoms with E-state index in [4.69, 9.17) is 0 Å². The first-order chi connectivity index (χ1) is 10.4. The lowest BCUT2D eigenvalue weighted by Gasteiger charge is -2.25. The van der Waals surface area contributed by atoms with Gasteiger partial charge >= 0.3 is 0 Å². The van der Waals surface area contributed by atoms with E-state index in [0.29, 0.717) is 12.1 Å². The summed E-state index contributed by atoms with van der Waals surface area (Å²) in [5.74, 6) is 0.154. The van der Waals surface area contributed by atoms with Crippen molar-refractivity contribution in [3.05, 3.63) is 17.5 Å². The van der Waals surface area contributed by atoms with E-state index in [1.54, 1.807) is 6.20 Å². The number of amides is 1. The highest BCUT2D eigenvalue weighted by Crippen LogP contribution is 2.24. The fourth-order valence-corrected chi connectivity index (χ4v) is 3.77. The third-order valence-corrected chi connectivity index (χ3v) is 4.88. The Kier molecular flexibility index (Phi) is 5.41. The average Bonchev–Trinajstić information content (AvgIpc) is 3.00. The van der Waals surface area contributed by atoms with Gasteiger partial charge in [0.05, 0.1) is 23.0 Å². The molecule has 1 N–H and O–H groups in total. The summed E-state index contributed by atoms with van der Waals surface area (Å²) in [6.07, 6.45) is 6.11. The van der Waals surface area contributed by atoms with Gasteiger partial charge in [-0.15, -0.1) is 12.4 Å². The molecule has 1 aromatic heterocycles. The van der Waals surface area contributed by atoms with Gasteiger partial charge in [-0.1, -0.05) is 6.92 Å². The Morgan fingerprint density at radius 3 is 2.65 bits per heavy atom. The summed E-state index contributed by atoms with van der Waals surface area (Å²) in [7, 11) is 0. The highest BCUT2D eigenvalue weighted by Gasteiger charge is 2.33. The molecule has 2 aliphatic rings. The van der Waals surface area contributed by atoms with E-state index in [2.05, 4.69) is 38.1 Å². The van der Waals surface area contributed by atoms with Crippen LogP contribution in [0.5, 0.6) is 0 Å². The van der Waals surface area contributed by atoms with Crippen LogP contribution in [0.25, 0.3) is 0 Å². The second-order valence-corrected chi connectivity index (χ2v) is 7.62. The molecule has 6 heteroatoms. The number of hydrogen-bond donors (Lipinski definition) is 1. The van der Waals surface area contributed by atoms with Crippen molar-refractivity contribution < 1.29 is 4.79 Å². The van der Waals surface area contributed by atoms with Gasteiger partial charge in [0.1, 0.15) is 0 Å².